The Bertz CT molecular complexity index is 308. The van der Waals surface area contributed by atoms with Crippen LogP contribution in [-0.4, -0.2) is 50.9 Å². The van der Waals surface area contributed by atoms with Crippen LogP contribution < -0.4 is 0 Å². The monoisotopic (exact) mass is 296 g/mol. The van der Waals surface area contributed by atoms with Crippen LogP contribution in [0.25, 0.3) is 0 Å². The summed E-state index contributed by atoms with van der Waals surface area (Å²) in [4.78, 5) is 13.6. The Morgan fingerprint density at radius 1 is 0.905 bits per heavy atom. The topological polar surface area (TPSA) is 23.6 Å². The lowest BCUT2D eigenvalue weighted by atomic mass is 10.2. The summed E-state index contributed by atoms with van der Waals surface area (Å²) < 4.78 is 0. The number of amides is 1. The van der Waals surface area contributed by atoms with Gasteiger partial charge in [0.25, 0.3) is 0 Å². The van der Waals surface area contributed by atoms with E-state index in [4.69, 9.17) is 0 Å². The van der Waals surface area contributed by atoms with Crippen molar-refractivity contribution in [1.82, 2.24) is 9.80 Å². The van der Waals surface area contributed by atoms with E-state index in [1.807, 2.05) is 44.2 Å². The molecule has 124 valence electrons. The second kappa shape index (κ2) is 16.7. The van der Waals surface area contributed by atoms with Crippen molar-refractivity contribution in [3.05, 3.63) is 35.9 Å². The van der Waals surface area contributed by atoms with E-state index in [1.165, 1.54) is 17.4 Å². The Morgan fingerprint density at radius 2 is 1.14 bits per heavy atom. The first-order chi connectivity index (χ1) is 9.50. The Labute approximate surface area is 133 Å². The molecular weight excluding hydrogens is 260 g/mol. The molecule has 0 N–H and O–H groups in total. The maximum Gasteiger partial charge on any atom is 0.218 e. The first kappa shape index (κ1) is 24.7. The van der Waals surface area contributed by atoms with E-state index in [-0.39, 0.29) is 5.91 Å². The molecule has 0 radical (unpaired) electrons. The van der Waals surface area contributed by atoms with Crippen molar-refractivity contribution < 1.29 is 4.79 Å². The molecule has 0 spiro atoms. The average molecular weight is 296 g/mol. The number of benzene rings is 1. The number of aryl methyl sites for hydroxylation is 1. The Kier molecular flexibility index (Phi) is 19.6. The molecule has 0 aliphatic rings. The Morgan fingerprint density at radius 3 is 1.24 bits per heavy atom. The molecule has 21 heavy (non-hydrogen) atoms. The molecule has 3 heteroatoms. The van der Waals surface area contributed by atoms with Crippen LogP contribution in [0.4, 0.5) is 0 Å². The van der Waals surface area contributed by atoms with Gasteiger partial charge in [0, 0.05) is 21.0 Å². The molecule has 1 amide bonds. The van der Waals surface area contributed by atoms with Gasteiger partial charge in [0.2, 0.25) is 5.91 Å². The lowest BCUT2D eigenvalue weighted by Crippen LogP contribution is -2.17. The van der Waals surface area contributed by atoms with E-state index in [2.05, 4.69) is 39.8 Å². The van der Waals surface area contributed by atoms with Gasteiger partial charge in [0.15, 0.2) is 0 Å². The standard InChI is InChI=1S/C7H8.C4H9NO.C4H10.C3H9N/c1-7-5-3-2-4-6-7;1-4(6)5(2)3;2*1-4(2)3/h2-6H,1H3;1-3H3;4H,1-3H3;1-3H3. The van der Waals surface area contributed by atoms with Crippen LogP contribution in [0.1, 0.15) is 33.3 Å². The van der Waals surface area contributed by atoms with Crippen molar-refractivity contribution in [2.24, 2.45) is 5.92 Å². The van der Waals surface area contributed by atoms with Crippen molar-refractivity contribution in [3.8, 4) is 0 Å². The smallest absolute Gasteiger partial charge is 0.218 e. The summed E-state index contributed by atoms with van der Waals surface area (Å²) in [5, 5.41) is 0. The van der Waals surface area contributed by atoms with Crippen molar-refractivity contribution in [3.63, 3.8) is 0 Å². The summed E-state index contributed by atoms with van der Waals surface area (Å²) in [6.45, 7) is 10.1. The zero-order valence-corrected chi connectivity index (χ0v) is 15.8. The third kappa shape index (κ3) is 45.6. The van der Waals surface area contributed by atoms with Crippen LogP contribution in [-0.2, 0) is 4.79 Å². The first-order valence-electron chi connectivity index (χ1n) is 7.31. The van der Waals surface area contributed by atoms with E-state index in [9.17, 15) is 4.79 Å². The highest BCUT2D eigenvalue weighted by molar-refractivity contribution is 5.72. The van der Waals surface area contributed by atoms with E-state index < -0.39 is 0 Å². The summed E-state index contributed by atoms with van der Waals surface area (Å²) >= 11 is 0. The predicted molar refractivity (Wildman–Crippen MR) is 95.7 cm³/mol. The van der Waals surface area contributed by atoms with E-state index in [1.54, 1.807) is 14.1 Å². The quantitative estimate of drug-likeness (QED) is 0.724. The van der Waals surface area contributed by atoms with E-state index in [0.29, 0.717) is 0 Å². The first-order valence-corrected chi connectivity index (χ1v) is 7.31. The highest BCUT2D eigenvalue weighted by Gasteiger charge is 1.87. The van der Waals surface area contributed by atoms with E-state index >= 15 is 0 Å². The number of hydrogen-bond acceptors (Lipinski definition) is 2. The Hall–Kier alpha value is -1.35. The molecular formula is C18H36N2O. The molecule has 0 fully saturated rings. The summed E-state index contributed by atoms with van der Waals surface area (Å²) in [7, 11) is 9.45. The number of rotatable bonds is 0. The zero-order chi connectivity index (χ0) is 17.4. The van der Waals surface area contributed by atoms with Crippen molar-refractivity contribution in [2.45, 2.75) is 34.6 Å². The minimum Gasteiger partial charge on any atom is -0.349 e. The van der Waals surface area contributed by atoms with Gasteiger partial charge in [0.05, 0.1) is 0 Å². The third-order valence-electron chi connectivity index (χ3n) is 1.57. The number of nitrogens with zero attached hydrogens (tertiary/aromatic N) is 2. The lowest BCUT2D eigenvalue weighted by Gasteiger charge is -2.02. The third-order valence-corrected chi connectivity index (χ3v) is 1.57. The van der Waals surface area contributed by atoms with Crippen molar-refractivity contribution >= 4 is 5.91 Å². The van der Waals surface area contributed by atoms with Crippen LogP contribution in [0, 0.1) is 12.8 Å². The SMILES string of the molecule is CC(=O)N(C)C.CC(C)C.CN(C)C.Cc1ccccc1. The molecule has 0 atom stereocenters. The number of carbonyl (C=O) groups is 1. The maximum atomic E-state index is 10.1. The summed E-state index contributed by atoms with van der Waals surface area (Å²) in [6, 6.07) is 10.3. The lowest BCUT2D eigenvalue weighted by molar-refractivity contribution is -0.126. The van der Waals surface area contributed by atoms with Crippen LogP contribution in [0.5, 0.6) is 0 Å². The summed E-state index contributed by atoms with van der Waals surface area (Å²) in [5.74, 6) is 0.926. The molecule has 0 aromatic heterocycles. The van der Waals surface area contributed by atoms with Gasteiger partial charge in [-0.3, -0.25) is 4.79 Å². The average Bonchev–Trinajstić information content (AvgIpc) is 2.29. The molecule has 0 aliphatic heterocycles. The van der Waals surface area contributed by atoms with E-state index in [0.717, 1.165) is 5.92 Å². The molecule has 1 rings (SSSR count). The van der Waals surface area contributed by atoms with Crippen LogP contribution >= 0.6 is 0 Å². The van der Waals surface area contributed by atoms with Gasteiger partial charge in [-0.05, 0) is 34.0 Å². The maximum absolute atomic E-state index is 10.1. The molecule has 0 unspecified atom stereocenters. The minimum absolute atomic E-state index is 0.0926. The molecule has 1 aromatic rings. The van der Waals surface area contributed by atoms with Crippen molar-refractivity contribution in [2.75, 3.05) is 35.2 Å². The zero-order valence-electron chi connectivity index (χ0n) is 15.8. The predicted octanol–water partition coefficient (Wildman–Crippen LogP) is 3.93. The number of carbonyl (C=O) groups excluding carboxylic acids is 1. The van der Waals surface area contributed by atoms with Crippen molar-refractivity contribution in [1.29, 1.82) is 0 Å². The molecule has 3 nitrogen and oxygen atoms in total. The molecule has 0 aliphatic carbocycles. The minimum atomic E-state index is 0.0926. The van der Waals surface area contributed by atoms with Gasteiger partial charge in [-0.1, -0.05) is 56.7 Å². The van der Waals surface area contributed by atoms with Gasteiger partial charge in [-0.2, -0.15) is 0 Å². The van der Waals surface area contributed by atoms with Gasteiger partial charge in [0.1, 0.15) is 0 Å². The highest BCUT2D eigenvalue weighted by atomic mass is 16.2. The second-order valence-corrected chi connectivity index (χ2v) is 6.14. The fourth-order valence-electron chi connectivity index (χ4n) is 0.534. The van der Waals surface area contributed by atoms with Gasteiger partial charge >= 0.3 is 0 Å². The summed E-state index contributed by atoms with van der Waals surface area (Å²) in [6.07, 6.45) is 0. The summed E-state index contributed by atoms with van der Waals surface area (Å²) in [5.41, 5.74) is 1.32. The molecule has 1 aromatic carbocycles. The van der Waals surface area contributed by atoms with Crippen LogP contribution in [0.3, 0.4) is 0 Å². The normalized spacial score (nSPS) is 8.57. The highest BCUT2D eigenvalue weighted by Crippen LogP contribution is 1.92. The molecule has 0 bridgehead atoms. The van der Waals surface area contributed by atoms with Gasteiger partial charge in [-0.25, -0.2) is 0 Å². The van der Waals surface area contributed by atoms with Crippen LogP contribution in [0.15, 0.2) is 30.3 Å². The molecule has 0 heterocycles. The van der Waals surface area contributed by atoms with Crippen LogP contribution in [0.2, 0.25) is 0 Å². The fraction of sp³-hybridized carbons (Fsp3) is 0.611. The molecule has 0 saturated carbocycles. The second-order valence-electron chi connectivity index (χ2n) is 6.14. The fourth-order valence-corrected chi connectivity index (χ4v) is 0.534. The largest absolute Gasteiger partial charge is 0.349 e. The molecule has 0 saturated heterocycles. The number of hydrogen-bond donors (Lipinski definition) is 0. The Balaban J connectivity index is -0.000000214. The van der Waals surface area contributed by atoms with Gasteiger partial charge < -0.3 is 9.80 Å². The van der Waals surface area contributed by atoms with Gasteiger partial charge in [-0.15, -0.1) is 0 Å².